The molecule has 0 aliphatic heterocycles. The Labute approximate surface area is 89.0 Å². The van der Waals surface area contributed by atoms with Crippen molar-refractivity contribution in [2.45, 2.75) is 19.8 Å². The van der Waals surface area contributed by atoms with Gasteiger partial charge in [-0.15, -0.1) is 0 Å². The summed E-state index contributed by atoms with van der Waals surface area (Å²) in [4.78, 5) is 12.5. The number of imidazole rings is 1. The number of hydrogen-bond acceptors (Lipinski definition) is 3. The van der Waals surface area contributed by atoms with Crippen molar-refractivity contribution in [1.29, 1.82) is 0 Å². The van der Waals surface area contributed by atoms with Crippen LogP contribution in [0.25, 0.3) is 11.4 Å². The molecule has 0 unspecified atom stereocenters. The first-order chi connectivity index (χ1) is 7.20. The molecule has 2 aromatic rings. The second kappa shape index (κ2) is 3.81. The lowest BCUT2D eigenvalue weighted by Crippen LogP contribution is -2.01. The molecular formula is C11H14N4. The Hall–Kier alpha value is -1.71. The fraction of sp³-hybridized carbons (Fsp3) is 0.364. The summed E-state index contributed by atoms with van der Waals surface area (Å²) in [5.74, 6) is 1.49. The third-order valence-electron chi connectivity index (χ3n) is 2.38. The highest BCUT2D eigenvalue weighted by Crippen LogP contribution is 2.20. The van der Waals surface area contributed by atoms with Crippen molar-refractivity contribution in [3.05, 3.63) is 30.6 Å². The van der Waals surface area contributed by atoms with Gasteiger partial charge in [0.2, 0.25) is 0 Å². The fourth-order valence-corrected chi connectivity index (χ4v) is 1.64. The average Bonchev–Trinajstić information content (AvgIpc) is 2.61. The Morgan fingerprint density at radius 3 is 2.60 bits per heavy atom. The van der Waals surface area contributed by atoms with Gasteiger partial charge in [0.05, 0.1) is 17.6 Å². The Kier molecular flexibility index (Phi) is 2.49. The first-order valence-corrected chi connectivity index (χ1v) is 4.98. The van der Waals surface area contributed by atoms with Gasteiger partial charge < -0.3 is 4.57 Å². The van der Waals surface area contributed by atoms with Crippen molar-refractivity contribution >= 4 is 0 Å². The molecular weight excluding hydrogens is 188 g/mol. The fourth-order valence-electron chi connectivity index (χ4n) is 1.64. The maximum Gasteiger partial charge on any atom is 0.116 e. The van der Waals surface area contributed by atoms with Crippen LogP contribution in [-0.2, 0) is 7.05 Å². The highest BCUT2D eigenvalue weighted by atomic mass is 15.1. The Morgan fingerprint density at radius 1 is 1.27 bits per heavy atom. The van der Waals surface area contributed by atoms with Crippen LogP contribution in [0.5, 0.6) is 0 Å². The molecule has 4 heteroatoms. The Bertz CT molecular complexity index is 445. The van der Waals surface area contributed by atoms with Crippen molar-refractivity contribution in [2.75, 3.05) is 0 Å². The predicted molar refractivity (Wildman–Crippen MR) is 58.3 cm³/mol. The predicted octanol–water partition coefficient (Wildman–Crippen LogP) is 2.00. The van der Waals surface area contributed by atoms with Crippen LogP contribution < -0.4 is 0 Å². The minimum Gasteiger partial charge on any atom is -0.330 e. The van der Waals surface area contributed by atoms with E-state index in [1.54, 1.807) is 12.5 Å². The molecule has 2 aromatic heterocycles. The molecule has 0 N–H and O–H groups in total. The molecule has 78 valence electrons. The van der Waals surface area contributed by atoms with Crippen LogP contribution in [-0.4, -0.2) is 19.5 Å². The Balaban J connectivity index is 2.47. The summed E-state index contributed by atoms with van der Waals surface area (Å²) >= 11 is 0. The highest BCUT2D eigenvalue weighted by Gasteiger charge is 2.11. The molecule has 4 nitrogen and oxygen atoms in total. The van der Waals surface area contributed by atoms with E-state index < -0.39 is 0 Å². The van der Waals surface area contributed by atoms with Gasteiger partial charge in [-0.05, 0) is 6.07 Å². The lowest BCUT2D eigenvalue weighted by molar-refractivity contribution is 0.713. The molecule has 0 aliphatic carbocycles. The van der Waals surface area contributed by atoms with Crippen molar-refractivity contribution < 1.29 is 0 Å². The molecule has 0 fully saturated rings. The average molecular weight is 202 g/mol. The number of nitrogens with zero attached hydrogens (tertiary/aromatic N) is 4. The van der Waals surface area contributed by atoms with E-state index in [0.717, 1.165) is 17.2 Å². The van der Waals surface area contributed by atoms with Crippen molar-refractivity contribution in [3.8, 4) is 11.4 Å². The lowest BCUT2D eigenvalue weighted by Gasteiger charge is -2.07. The summed E-state index contributed by atoms with van der Waals surface area (Å²) in [6.45, 7) is 4.26. The topological polar surface area (TPSA) is 43.6 Å². The van der Waals surface area contributed by atoms with Gasteiger partial charge in [-0.25, -0.2) is 15.0 Å². The molecule has 0 radical (unpaired) electrons. The second-order valence-electron chi connectivity index (χ2n) is 3.81. The number of aromatic nitrogens is 4. The molecule has 0 aliphatic rings. The normalized spacial score (nSPS) is 10.9. The van der Waals surface area contributed by atoms with Crippen molar-refractivity contribution in [3.63, 3.8) is 0 Å². The third kappa shape index (κ3) is 1.75. The molecule has 0 aromatic carbocycles. The lowest BCUT2D eigenvalue weighted by atomic mass is 10.2. The van der Waals surface area contributed by atoms with Crippen LogP contribution in [0.2, 0.25) is 0 Å². The van der Waals surface area contributed by atoms with Crippen molar-refractivity contribution in [2.24, 2.45) is 7.05 Å². The molecule has 2 rings (SSSR count). The van der Waals surface area contributed by atoms with Crippen molar-refractivity contribution in [1.82, 2.24) is 19.5 Å². The largest absolute Gasteiger partial charge is 0.330 e. The molecule has 0 saturated carbocycles. The third-order valence-corrected chi connectivity index (χ3v) is 2.38. The van der Waals surface area contributed by atoms with E-state index in [4.69, 9.17) is 0 Å². The van der Waals surface area contributed by atoms with Crippen LogP contribution >= 0.6 is 0 Å². The maximum atomic E-state index is 4.39. The van der Waals surface area contributed by atoms with Gasteiger partial charge in [-0.2, -0.15) is 0 Å². The highest BCUT2D eigenvalue weighted by molar-refractivity contribution is 5.53. The van der Waals surface area contributed by atoms with Gasteiger partial charge in [0, 0.05) is 19.2 Å². The van der Waals surface area contributed by atoms with Gasteiger partial charge in [0.15, 0.2) is 0 Å². The smallest absolute Gasteiger partial charge is 0.116 e. The van der Waals surface area contributed by atoms with Crippen LogP contribution in [0.15, 0.2) is 24.8 Å². The summed E-state index contributed by atoms with van der Waals surface area (Å²) in [7, 11) is 2.01. The van der Waals surface area contributed by atoms with E-state index in [2.05, 4.69) is 33.4 Å². The monoisotopic (exact) mass is 202 g/mol. The zero-order valence-electron chi connectivity index (χ0n) is 9.18. The van der Waals surface area contributed by atoms with E-state index in [-0.39, 0.29) is 0 Å². The van der Waals surface area contributed by atoms with Crippen LogP contribution in [0.1, 0.15) is 25.6 Å². The zero-order chi connectivity index (χ0) is 10.8. The van der Waals surface area contributed by atoms with Gasteiger partial charge in [0.25, 0.3) is 0 Å². The molecule has 0 saturated heterocycles. The molecule has 2 heterocycles. The molecule has 0 spiro atoms. The van der Waals surface area contributed by atoms with Gasteiger partial charge in [0.1, 0.15) is 12.2 Å². The number of hydrogen-bond donors (Lipinski definition) is 0. The van der Waals surface area contributed by atoms with E-state index >= 15 is 0 Å². The summed E-state index contributed by atoms with van der Waals surface area (Å²) in [5.41, 5.74) is 1.94. The molecule has 15 heavy (non-hydrogen) atoms. The second-order valence-corrected chi connectivity index (χ2v) is 3.81. The van der Waals surface area contributed by atoms with E-state index in [1.807, 2.05) is 19.3 Å². The first-order valence-electron chi connectivity index (χ1n) is 4.98. The summed E-state index contributed by atoms with van der Waals surface area (Å²) in [6.07, 6.45) is 5.15. The summed E-state index contributed by atoms with van der Waals surface area (Å²) in [6, 6.07) is 1.89. The SMILES string of the molecule is CC(C)c1ncc(-c2ccncn2)n1C. The first kappa shape index (κ1) is 9.83. The van der Waals surface area contributed by atoms with Gasteiger partial charge >= 0.3 is 0 Å². The van der Waals surface area contributed by atoms with E-state index in [9.17, 15) is 0 Å². The molecule has 0 atom stereocenters. The molecule has 0 bridgehead atoms. The van der Waals surface area contributed by atoms with Crippen LogP contribution in [0.4, 0.5) is 0 Å². The molecule has 0 amide bonds. The Morgan fingerprint density at radius 2 is 2.07 bits per heavy atom. The quantitative estimate of drug-likeness (QED) is 0.748. The minimum absolute atomic E-state index is 0.422. The van der Waals surface area contributed by atoms with E-state index in [0.29, 0.717) is 5.92 Å². The van der Waals surface area contributed by atoms with Crippen LogP contribution in [0, 0.1) is 0 Å². The van der Waals surface area contributed by atoms with Gasteiger partial charge in [-0.3, -0.25) is 0 Å². The van der Waals surface area contributed by atoms with Crippen LogP contribution in [0.3, 0.4) is 0 Å². The van der Waals surface area contributed by atoms with E-state index in [1.165, 1.54) is 0 Å². The standard InChI is InChI=1S/C11H14N4/c1-8(2)11-13-6-10(15(11)3)9-4-5-12-7-14-9/h4-8H,1-3H3. The zero-order valence-corrected chi connectivity index (χ0v) is 9.18. The minimum atomic E-state index is 0.422. The number of rotatable bonds is 2. The van der Waals surface area contributed by atoms with Gasteiger partial charge in [-0.1, -0.05) is 13.8 Å². The summed E-state index contributed by atoms with van der Waals surface area (Å²) in [5, 5.41) is 0. The summed E-state index contributed by atoms with van der Waals surface area (Å²) < 4.78 is 2.08. The maximum absolute atomic E-state index is 4.39.